The minimum absolute atomic E-state index is 0.0893. The van der Waals surface area contributed by atoms with E-state index < -0.39 is 0 Å². The number of aromatic amines is 2. The second kappa shape index (κ2) is 9.10. The van der Waals surface area contributed by atoms with Gasteiger partial charge in [0.25, 0.3) is 0 Å². The van der Waals surface area contributed by atoms with Crippen molar-refractivity contribution in [2.45, 2.75) is 39.8 Å². The second-order valence-corrected chi connectivity index (χ2v) is 9.06. The molecule has 4 aromatic rings. The summed E-state index contributed by atoms with van der Waals surface area (Å²) in [5.74, 6) is 2.32. The summed E-state index contributed by atoms with van der Waals surface area (Å²) in [6.45, 7) is 8.38. The molecule has 0 fully saturated rings. The molecule has 2 aromatic carbocycles. The highest BCUT2D eigenvalue weighted by molar-refractivity contribution is 5.71. The zero-order valence-electron chi connectivity index (χ0n) is 19.1. The van der Waals surface area contributed by atoms with E-state index in [9.17, 15) is 0 Å². The molecule has 0 unspecified atom stereocenters. The van der Waals surface area contributed by atoms with Gasteiger partial charge in [0.15, 0.2) is 0 Å². The van der Waals surface area contributed by atoms with Crippen LogP contribution in [-0.2, 0) is 0 Å². The van der Waals surface area contributed by atoms with Crippen molar-refractivity contribution in [1.29, 1.82) is 0 Å². The molecule has 2 atom stereocenters. The van der Waals surface area contributed by atoms with Crippen LogP contribution in [0.1, 0.15) is 51.4 Å². The summed E-state index contributed by atoms with van der Waals surface area (Å²) in [5.41, 5.74) is 18.9. The quantitative estimate of drug-likeness (QED) is 0.314. The smallest absolute Gasteiger partial charge is 0.123 e. The Morgan fingerprint density at radius 1 is 0.562 bits per heavy atom. The first-order chi connectivity index (χ1) is 15.3. The number of hydrogen-bond donors (Lipinski definition) is 4. The van der Waals surface area contributed by atoms with Gasteiger partial charge in [0.2, 0.25) is 0 Å². The van der Waals surface area contributed by atoms with Gasteiger partial charge in [-0.05, 0) is 34.1 Å². The molecular weight excluding hydrogens is 396 g/mol. The maximum atomic E-state index is 6.21. The monoisotopic (exact) mass is 428 g/mol. The van der Waals surface area contributed by atoms with Crippen molar-refractivity contribution in [1.82, 2.24) is 19.9 Å². The lowest BCUT2D eigenvalue weighted by molar-refractivity contribution is 0.494. The van der Waals surface area contributed by atoms with Gasteiger partial charge in [-0.2, -0.15) is 0 Å². The standard InChI is InChI=1S/C26H32N6/c1-15(2)23(27)25-29-13-21(31-25)19-9-5-17(6-10-19)18-7-11-20(12-8-18)22-14-30-26(32-22)24(28)16(3)4/h5-16,23-24H,27-28H2,1-4H3,(H,29,31)(H,30,32)/t23-,24-/m1/s1. The van der Waals surface area contributed by atoms with E-state index in [1.54, 1.807) is 0 Å². The van der Waals surface area contributed by atoms with Crippen molar-refractivity contribution in [3.05, 3.63) is 72.6 Å². The number of imidazole rings is 2. The number of benzene rings is 2. The van der Waals surface area contributed by atoms with Gasteiger partial charge >= 0.3 is 0 Å². The van der Waals surface area contributed by atoms with Crippen LogP contribution in [-0.4, -0.2) is 19.9 Å². The number of aromatic nitrogens is 4. The molecule has 2 aromatic heterocycles. The lowest BCUT2D eigenvalue weighted by Gasteiger charge is -2.12. The molecule has 4 rings (SSSR count). The molecule has 6 heteroatoms. The maximum Gasteiger partial charge on any atom is 0.123 e. The summed E-state index contributed by atoms with van der Waals surface area (Å²) in [7, 11) is 0. The normalized spacial score (nSPS) is 13.6. The first kappa shape index (κ1) is 22.0. The minimum atomic E-state index is -0.0893. The summed E-state index contributed by atoms with van der Waals surface area (Å²) in [5, 5.41) is 0. The predicted octanol–water partition coefficient (Wildman–Crippen LogP) is 5.45. The summed E-state index contributed by atoms with van der Waals surface area (Å²) in [4.78, 5) is 15.6. The van der Waals surface area contributed by atoms with Gasteiger partial charge in [0.1, 0.15) is 11.6 Å². The van der Waals surface area contributed by atoms with E-state index >= 15 is 0 Å². The van der Waals surface area contributed by atoms with Crippen LogP contribution in [0.15, 0.2) is 60.9 Å². The molecule has 6 N–H and O–H groups in total. The Hall–Kier alpha value is -3.22. The Morgan fingerprint density at radius 3 is 1.19 bits per heavy atom. The van der Waals surface area contributed by atoms with Gasteiger partial charge in [0.05, 0.1) is 35.9 Å². The third kappa shape index (κ3) is 4.52. The number of nitrogens with zero attached hydrogens (tertiary/aromatic N) is 2. The molecule has 0 bridgehead atoms. The lowest BCUT2D eigenvalue weighted by atomic mass is 10.0. The van der Waals surface area contributed by atoms with E-state index in [1.807, 2.05) is 12.4 Å². The molecule has 32 heavy (non-hydrogen) atoms. The van der Waals surface area contributed by atoms with E-state index in [-0.39, 0.29) is 12.1 Å². The van der Waals surface area contributed by atoms with Crippen LogP contribution in [0.3, 0.4) is 0 Å². The Morgan fingerprint density at radius 2 is 0.875 bits per heavy atom. The van der Waals surface area contributed by atoms with Crippen molar-refractivity contribution < 1.29 is 0 Å². The zero-order chi connectivity index (χ0) is 22.8. The van der Waals surface area contributed by atoms with Crippen molar-refractivity contribution >= 4 is 0 Å². The highest BCUT2D eigenvalue weighted by Gasteiger charge is 2.15. The molecule has 0 saturated carbocycles. The maximum absolute atomic E-state index is 6.21. The first-order valence-electron chi connectivity index (χ1n) is 11.2. The van der Waals surface area contributed by atoms with Gasteiger partial charge in [0, 0.05) is 0 Å². The van der Waals surface area contributed by atoms with Crippen LogP contribution in [0.25, 0.3) is 33.6 Å². The van der Waals surface area contributed by atoms with Gasteiger partial charge in [-0.1, -0.05) is 76.2 Å². The zero-order valence-corrected chi connectivity index (χ0v) is 19.1. The summed E-state index contributed by atoms with van der Waals surface area (Å²) in [6.07, 6.45) is 3.70. The van der Waals surface area contributed by atoms with E-state index in [0.29, 0.717) is 11.8 Å². The molecule has 0 aliphatic heterocycles. The van der Waals surface area contributed by atoms with Crippen LogP contribution in [0.2, 0.25) is 0 Å². The second-order valence-electron chi connectivity index (χ2n) is 9.06. The summed E-state index contributed by atoms with van der Waals surface area (Å²) >= 11 is 0. The number of hydrogen-bond acceptors (Lipinski definition) is 4. The van der Waals surface area contributed by atoms with Gasteiger partial charge < -0.3 is 21.4 Å². The number of nitrogens with one attached hydrogen (secondary N) is 2. The van der Waals surface area contributed by atoms with Gasteiger partial charge in [-0.3, -0.25) is 0 Å². The highest BCUT2D eigenvalue weighted by Crippen LogP contribution is 2.28. The van der Waals surface area contributed by atoms with Crippen LogP contribution in [0.4, 0.5) is 0 Å². The molecular formula is C26H32N6. The topological polar surface area (TPSA) is 109 Å². The minimum Gasteiger partial charge on any atom is -0.341 e. The largest absolute Gasteiger partial charge is 0.341 e. The molecule has 0 saturated heterocycles. The van der Waals surface area contributed by atoms with Crippen molar-refractivity contribution in [2.75, 3.05) is 0 Å². The van der Waals surface area contributed by atoms with Gasteiger partial charge in [-0.25, -0.2) is 9.97 Å². The third-order valence-electron chi connectivity index (χ3n) is 5.98. The van der Waals surface area contributed by atoms with Crippen molar-refractivity contribution in [3.63, 3.8) is 0 Å². The molecule has 0 amide bonds. The Labute approximate surface area is 189 Å². The molecule has 0 aliphatic carbocycles. The van der Waals surface area contributed by atoms with E-state index in [1.165, 1.54) is 0 Å². The number of rotatable bonds is 7. The Kier molecular flexibility index (Phi) is 6.26. The van der Waals surface area contributed by atoms with E-state index in [0.717, 1.165) is 45.3 Å². The average Bonchev–Trinajstić information content (AvgIpc) is 3.48. The Balaban J connectivity index is 1.49. The molecule has 6 nitrogen and oxygen atoms in total. The van der Waals surface area contributed by atoms with Crippen LogP contribution >= 0.6 is 0 Å². The van der Waals surface area contributed by atoms with Gasteiger partial charge in [-0.15, -0.1) is 0 Å². The molecule has 2 heterocycles. The Bertz CT molecular complexity index is 1060. The summed E-state index contributed by atoms with van der Waals surface area (Å²) in [6, 6.07) is 16.8. The van der Waals surface area contributed by atoms with Crippen molar-refractivity contribution in [3.8, 4) is 33.6 Å². The number of nitrogens with two attached hydrogens (primary N) is 2. The average molecular weight is 429 g/mol. The van der Waals surface area contributed by atoms with Crippen LogP contribution < -0.4 is 11.5 Å². The van der Waals surface area contributed by atoms with Crippen molar-refractivity contribution in [2.24, 2.45) is 23.3 Å². The fourth-order valence-electron chi connectivity index (χ4n) is 3.62. The van der Waals surface area contributed by atoms with Crippen LogP contribution in [0.5, 0.6) is 0 Å². The summed E-state index contributed by atoms with van der Waals surface area (Å²) < 4.78 is 0. The third-order valence-corrected chi connectivity index (χ3v) is 5.98. The fraction of sp³-hybridized carbons (Fsp3) is 0.308. The van der Waals surface area contributed by atoms with E-state index in [4.69, 9.17) is 11.5 Å². The molecule has 166 valence electrons. The fourth-order valence-corrected chi connectivity index (χ4v) is 3.62. The SMILES string of the molecule is CC(C)[C@@H](N)c1ncc(-c2ccc(-c3ccc(-c4cnc([C@H](N)C(C)C)[nH]4)cc3)cc2)[nH]1. The predicted molar refractivity (Wildman–Crippen MR) is 131 cm³/mol. The first-order valence-corrected chi connectivity index (χ1v) is 11.2. The van der Waals surface area contributed by atoms with Crippen LogP contribution in [0, 0.1) is 11.8 Å². The molecule has 0 radical (unpaired) electrons. The highest BCUT2D eigenvalue weighted by atomic mass is 15.0. The molecule has 0 spiro atoms. The number of H-pyrrole nitrogens is 2. The van der Waals surface area contributed by atoms with E-state index in [2.05, 4.69) is 96.2 Å². The lowest BCUT2D eigenvalue weighted by Crippen LogP contribution is -2.18. The molecule has 0 aliphatic rings.